The lowest BCUT2D eigenvalue weighted by molar-refractivity contribution is -0.143. The number of hydrogen-bond donors (Lipinski definition) is 1. The zero-order valence-electron chi connectivity index (χ0n) is 15.1. The molecule has 0 saturated heterocycles. The summed E-state index contributed by atoms with van der Waals surface area (Å²) < 4.78 is 0. The van der Waals surface area contributed by atoms with E-state index in [-0.39, 0.29) is 11.3 Å². The summed E-state index contributed by atoms with van der Waals surface area (Å²) in [5.41, 5.74) is 7.72. The van der Waals surface area contributed by atoms with Crippen LogP contribution in [0.5, 0.6) is 0 Å². The highest BCUT2D eigenvalue weighted by Gasteiger charge is 2.49. The largest absolute Gasteiger partial charge is 0.481 e. The molecule has 24 heavy (non-hydrogen) atoms. The molecule has 1 aromatic carbocycles. The van der Waals surface area contributed by atoms with Gasteiger partial charge in [-0.1, -0.05) is 30.7 Å². The number of carbonyl (C=O) groups is 1. The van der Waals surface area contributed by atoms with Gasteiger partial charge in [0, 0.05) is 0 Å². The molecule has 3 aliphatic rings. The van der Waals surface area contributed by atoms with E-state index in [1.807, 2.05) is 0 Å². The van der Waals surface area contributed by atoms with Crippen LogP contribution in [0.2, 0.25) is 0 Å². The molecule has 0 unspecified atom stereocenters. The van der Waals surface area contributed by atoms with Gasteiger partial charge in [-0.15, -0.1) is 0 Å². The maximum atomic E-state index is 11.4. The van der Waals surface area contributed by atoms with Crippen LogP contribution >= 0.6 is 0 Å². The SMILES string of the molecule is Cc1ccc2c(c1C)CC[C@H]1[C@@H]2CC=C2C[C@@H](C(=O)O)CC[C@@]21C. The molecule has 2 nitrogen and oxygen atoms in total. The number of fused-ring (bicyclic) bond motifs is 5. The van der Waals surface area contributed by atoms with Gasteiger partial charge in [-0.3, -0.25) is 4.79 Å². The van der Waals surface area contributed by atoms with Crippen molar-refractivity contribution in [1.82, 2.24) is 0 Å². The Morgan fingerprint density at radius 2 is 2.04 bits per heavy atom. The fourth-order valence-corrected chi connectivity index (χ4v) is 5.80. The average molecular weight is 324 g/mol. The van der Waals surface area contributed by atoms with Crippen molar-refractivity contribution in [3.05, 3.63) is 46.0 Å². The molecule has 0 amide bonds. The van der Waals surface area contributed by atoms with Crippen molar-refractivity contribution < 1.29 is 9.90 Å². The lowest BCUT2D eigenvalue weighted by Gasteiger charge is -2.52. The molecule has 0 aliphatic heterocycles. The van der Waals surface area contributed by atoms with Gasteiger partial charge in [-0.05, 0) is 91.9 Å². The molecule has 1 saturated carbocycles. The van der Waals surface area contributed by atoms with E-state index in [0.29, 0.717) is 11.8 Å². The van der Waals surface area contributed by atoms with Crippen LogP contribution in [0.4, 0.5) is 0 Å². The fraction of sp³-hybridized carbons (Fsp3) is 0.591. The van der Waals surface area contributed by atoms with Gasteiger partial charge in [0.15, 0.2) is 0 Å². The maximum absolute atomic E-state index is 11.4. The van der Waals surface area contributed by atoms with E-state index in [0.717, 1.165) is 25.7 Å². The Kier molecular flexibility index (Phi) is 3.63. The summed E-state index contributed by atoms with van der Waals surface area (Å²) in [5, 5.41) is 9.40. The molecular weight excluding hydrogens is 296 g/mol. The molecule has 3 aliphatic carbocycles. The minimum absolute atomic E-state index is 0.165. The predicted molar refractivity (Wildman–Crippen MR) is 96.3 cm³/mol. The molecule has 1 aromatic rings. The zero-order valence-corrected chi connectivity index (χ0v) is 15.1. The van der Waals surface area contributed by atoms with Gasteiger partial charge < -0.3 is 5.11 Å². The summed E-state index contributed by atoms with van der Waals surface area (Å²) in [7, 11) is 0. The second kappa shape index (κ2) is 5.47. The van der Waals surface area contributed by atoms with E-state index >= 15 is 0 Å². The van der Waals surface area contributed by atoms with Crippen molar-refractivity contribution in [2.45, 2.75) is 65.2 Å². The first-order valence-corrected chi connectivity index (χ1v) is 9.43. The first kappa shape index (κ1) is 15.9. The molecular formula is C22H28O2. The lowest BCUT2D eigenvalue weighted by Crippen LogP contribution is -2.43. The fourth-order valence-electron chi connectivity index (χ4n) is 5.80. The monoisotopic (exact) mass is 324 g/mol. The van der Waals surface area contributed by atoms with E-state index in [1.54, 1.807) is 11.1 Å². The van der Waals surface area contributed by atoms with Gasteiger partial charge in [-0.25, -0.2) is 0 Å². The van der Waals surface area contributed by atoms with Crippen LogP contribution in [-0.2, 0) is 11.2 Å². The number of hydrogen-bond acceptors (Lipinski definition) is 1. The Labute approximate surface area is 145 Å². The number of allylic oxidation sites excluding steroid dienone is 2. The topological polar surface area (TPSA) is 37.3 Å². The molecule has 0 radical (unpaired) electrons. The van der Waals surface area contributed by atoms with Gasteiger partial charge in [0.1, 0.15) is 0 Å². The molecule has 4 rings (SSSR count). The number of aryl methyl sites for hydroxylation is 1. The summed E-state index contributed by atoms with van der Waals surface area (Å²) in [4.78, 5) is 11.4. The molecule has 1 fully saturated rings. The van der Waals surface area contributed by atoms with Crippen molar-refractivity contribution in [3.8, 4) is 0 Å². The Bertz CT molecular complexity index is 730. The van der Waals surface area contributed by atoms with Crippen molar-refractivity contribution in [2.75, 3.05) is 0 Å². The van der Waals surface area contributed by atoms with Gasteiger partial charge in [0.2, 0.25) is 0 Å². The third-order valence-electron chi connectivity index (χ3n) is 7.49. The Hall–Kier alpha value is -1.57. The molecule has 128 valence electrons. The van der Waals surface area contributed by atoms with E-state index < -0.39 is 5.97 Å². The number of carboxylic acids is 1. The van der Waals surface area contributed by atoms with Gasteiger partial charge >= 0.3 is 5.97 Å². The van der Waals surface area contributed by atoms with Crippen LogP contribution in [0, 0.1) is 31.1 Å². The molecule has 1 N–H and O–H groups in total. The second-order valence-electron chi connectivity index (χ2n) is 8.49. The van der Waals surface area contributed by atoms with Crippen LogP contribution < -0.4 is 0 Å². The lowest BCUT2D eigenvalue weighted by atomic mass is 9.52. The highest BCUT2D eigenvalue weighted by atomic mass is 16.4. The van der Waals surface area contributed by atoms with Gasteiger partial charge in [-0.2, -0.15) is 0 Å². The van der Waals surface area contributed by atoms with Crippen molar-refractivity contribution >= 4 is 5.97 Å². The highest BCUT2D eigenvalue weighted by molar-refractivity contribution is 5.70. The highest BCUT2D eigenvalue weighted by Crippen LogP contribution is 2.59. The molecule has 0 aromatic heterocycles. The quantitative estimate of drug-likeness (QED) is 0.724. The minimum Gasteiger partial charge on any atom is -0.481 e. The summed E-state index contributed by atoms with van der Waals surface area (Å²) >= 11 is 0. The predicted octanol–water partition coefficient (Wildman–Crippen LogP) is 5.17. The van der Waals surface area contributed by atoms with Crippen LogP contribution in [0.1, 0.15) is 67.2 Å². The van der Waals surface area contributed by atoms with Crippen LogP contribution in [0.25, 0.3) is 0 Å². The van der Waals surface area contributed by atoms with Crippen molar-refractivity contribution in [3.63, 3.8) is 0 Å². The van der Waals surface area contributed by atoms with E-state index in [4.69, 9.17) is 0 Å². The van der Waals surface area contributed by atoms with Gasteiger partial charge in [0.05, 0.1) is 5.92 Å². The molecule has 0 heterocycles. The molecule has 2 heteroatoms. The smallest absolute Gasteiger partial charge is 0.306 e. The van der Waals surface area contributed by atoms with Crippen molar-refractivity contribution in [2.24, 2.45) is 17.3 Å². The third kappa shape index (κ3) is 2.18. The summed E-state index contributed by atoms with van der Waals surface area (Å²) in [5.74, 6) is 0.534. The average Bonchev–Trinajstić information content (AvgIpc) is 2.56. The number of carboxylic acid groups (broad SMARTS) is 1. The summed E-state index contributed by atoms with van der Waals surface area (Å²) in [6.45, 7) is 6.91. The first-order valence-electron chi connectivity index (χ1n) is 9.43. The number of rotatable bonds is 1. The standard InChI is InChI=1S/C22H28O2/c1-13-4-6-18-17(14(13)2)8-9-20-19(18)7-5-16-12-15(21(23)24)10-11-22(16,20)3/h4-6,15,19-20H,7-12H2,1-3H3,(H,23,24)/t15-,19+,20-,22-/m0/s1. The van der Waals surface area contributed by atoms with E-state index in [1.165, 1.54) is 29.5 Å². The Morgan fingerprint density at radius 3 is 2.79 bits per heavy atom. The van der Waals surface area contributed by atoms with Crippen LogP contribution in [0.15, 0.2) is 23.8 Å². The third-order valence-corrected chi connectivity index (χ3v) is 7.49. The van der Waals surface area contributed by atoms with E-state index in [2.05, 4.69) is 39.0 Å². The summed E-state index contributed by atoms with van der Waals surface area (Å²) in [6, 6.07) is 4.67. The number of aliphatic carboxylic acids is 1. The molecule has 0 bridgehead atoms. The molecule has 4 atom stereocenters. The molecule has 0 spiro atoms. The summed E-state index contributed by atoms with van der Waals surface area (Å²) in [6.07, 6.45) is 8.60. The maximum Gasteiger partial charge on any atom is 0.306 e. The Balaban J connectivity index is 1.72. The zero-order chi connectivity index (χ0) is 17.1. The van der Waals surface area contributed by atoms with Gasteiger partial charge in [0.25, 0.3) is 0 Å². The van der Waals surface area contributed by atoms with Crippen LogP contribution in [0.3, 0.4) is 0 Å². The Morgan fingerprint density at radius 1 is 1.25 bits per heavy atom. The minimum atomic E-state index is -0.611. The normalized spacial score (nSPS) is 34.6. The number of benzene rings is 1. The van der Waals surface area contributed by atoms with E-state index in [9.17, 15) is 9.90 Å². The van der Waals surface area contributed by atoms with Crippen LogP contribution in [-0.4, -0.2) is 11.1 Å². The van der Waals surface area contributed by atoms with Crippen molar-refractivity contribution in [1.29, 1.82) is 0 Å². The second-order valence-corrected chi connectivity index (χ2v) is 8.49. The first-order chi connectivity index (χ1) is 11.4.